The largest absolute Gasteiger partial charge is 0.490 e. The van der Waals surface area contributed by atoms with Crippen molar-refractivity contribution in [2.24, 2.45) is 0 Å². The summed E-state index contributed by atoms with van der Waals surface area (Å²) in [4.78, 5) is 10.7. The van der Waals surface area contributed by atoms with E-state index >= 15 is 0 Å². The van der Waals surface area contributed by atoms with Crippen molar-refractivity contribution in [1.82, 2.24) is 5.32 Å². The monoisotopic (exact) mass is 296 g/mol. The second kappa shape index (κ2) is 6.28. The van der Waals surface area contributed by atoms with Gasteiger partial charge in [0.25, 0.3) is 0 Å². The predicted molar refractivity (Wildman–Crippen MR) is 77.0 cm³/mol. The van der Waals surface area contributed by atoms with Gasteiger partial charge in [-0.1, -0.05) is 6.07 Å². The molecule has 0 bridgehead atoms. The van der Waals surface area contributed by atoms with E-state index in [2.05, 4.69) is 5.32 Å². The molecule has 2 rings (SSSR count). The SMILES string of the molecule is COc1cccc(OCC2CNCC(C)(C)O2)c1[N+](=O)[O-]. The molecule has 1 fully saturated rings. The standard InChI is InChI=1S/C14H20N2O5/c1-14(2)9-15-7-10(21-14)8-20-12-6-4-5-11(19-3)13(12)16(17)18/h4-6,10,15H,7-9H2,1-3H3. The average Bonchev–Trinajstić information content (AvgIpc) is 2.43. The van der Waals surface area contributed by atoms with Gasteiger partial charge in [0.05, 0.1) is 17.6 Å². The normalized spacial score (nSPS) is 20.8. The summed E-state index contributed by atoms with van der Waals surface area (Å²) in [5, 5.41) is 14.4. The Bertz CT molecular complexity index is 518. The van der Waals surface area contributed by atoms with Crippen LogP contribution in [0, 0.1) is 10.1 Å². The lowest BCUT2D eigenvalue weighted by molar-refractivity contribution is -0.386. The third-order valence-corrected chi connectivity index (χ3v) is 3.20. The average molecular weight is 296 g/mol. The Kier molecular flexibility index (Phi) is 4.64. The molecule has 1 atom stereocenters. The highest BCUT2D eigenvalue weighted by atomic mass is 16.6. The van der Waals surface area contributed by atoms with Crippen LogP contribution in [-0.4, -0.2) is 43.4 Å². The van der Waals surface area contributed by atoms with Gasteiger partial charge in [0.2, 0.25) is 11.5 Å². The summed E-state index contributed by atoms with van der Waals surface area (Å²) < 4.78 is 16.5. The predicted octanol–water partition coefficient (Wildman–Crippen LogP) is 1.75. The molecule has 7 heteroatoms. The Labute approximate surface area is 123 Å². The van der Waals surface area contributed by atoms with Gasteiger partial charge < -0.3 is 19.5 Å². The molecule has 0 amide bonds. The Hall–Kier alpha value is -1.86. The van der Waals surface area contributed by atoms with Crippen LogP contribution < -0.4 is 14.8 Å². The fraction of sp³-hybridized carbons (Fsp3) is 0.571. The fourth-order valence-electron chi connectivity index (χ4n) is 2.31. The van der Waals surface area contributed by atoms with E-state index in [1.807, 2.05) is 13.8 Å². The first-order chi connectivity index (χ1) is 9.93. The first-order valence-electron chi connectivity index (χ1n) is 6.75. The molecular formula is C14H20N2O5. The van der Waals surface area contributed by atoms with Crippen molar-refractivity contribution in [1.29, 1.82) is 0 Å². The molecule has 1 aromatic carbocycles. The smallest absolute Gasteiger partial charge is 0.352 e. The lowest BCUT2D eigenvalue weighted by atomic mass is 10.1. The summed E-state index contributed by atoms with van der Waals surface area (Å²) in [5.74, 6) is 0.367. The molecule has 0 radical (unpaired) electrons. The van der Waals surface area contributed by atoms with Gasteiger partial charge in [0.15, 0.2) is 0 Å². The van der Waals surface area contributed by atoms with Gasteiger partial charge in [0, 0.05) is 13.1 Å². The highest BCUT2D eigenvalue weighted by Gasteiger charge is 2.29. The van der Waals surface area contributed by atoms with Crippen LogP contribution >= 0.6 is 0 Å². The van der Waals surface area contributed by atoms with E-state index in [0.29, 0.717) is 6.54 Å². The van der Waals surface area contributed by atoms with Gasteiger partial charge in [-0.25, -0.2) is 0 Å². The number of nitro benzene ring substituents is 1. The molecule has 7 nitrogen and oxygen atoms in total. The fourth-order valence-corrected chi connectivity index (χ4v) is 2.31. The zero-order valence-corrected chi connectivity index (χ0v) is 12.4. The van der Waals surface area contributed by atoms with Gasteiger partial charge in [0.1, 0.15) is 12.7 Å². The zero-order valence-electron chi connectivity index (χ0n) is 12.4. The number of nitro groups is 1. The first-order valence-corrected chi connectivity index (χ1v) is 6.75. The topological polar surface area (TPSA) is 82.9 Å². The van der Waals surface area contributed by atoms with Crippen LogP contribution in [0.2, 0.25) is 0 Å². The van der Waals surface area contributed by atoms with Crippen LogP contribution in [0.4, 0.5) is 5.69 Å². The van der Waals surface area contributed by atoms with Crippen LogP contribution in [0.15, 0.2) is 18.2 Å². The summed E-state index contributed by atoms with van der Waals surface area (Å²) in [6.07, 6.45) is -0.153. The molecule has 1 unspecified atom stereocenters. The van der Waals surface area contributed by atoms with E-state index in [9.17, 15) is 10.1 Å². The van der Waals surface area contributed by atoms with Crippen LogP contribution in [0.3, 0.4) is 0 Å². The van der Waals surface area contributed by atoms with Crippen molar-refractivity contribution in [2.45, 2.75) is 25.6 Å². The molecule has 1 aliphatic rings. The Morgan fingerprint density at radius 2 is 2.19 bits per heavy atom. The molecule has 0 saturated carbocycles. The van der Waals surface area contributed by atoms with Crippen molar-refractivity contribution in [3.05, 3.63) is 28.3 Å². The van der Waals surface area contributed by atoms with Crippen LogP contribution in [0.5, 0.6) is 11.5 Å². The summed E-state index contributed by atoms with van der Waals surface area (Å²) in [5.41, 5.74) is -0.435. The number of methoxy groups -OCH3 is 1. The number of ether oxygens (including phenoxy) is 3. The highest BCUT2D eigenvalue weighted by Crippen LogP contribution is 2.36. The number of para-hydroxylation sites is 1. The lowest BCUT2D eigenvalue weighted by Crippen LogP contribution is -2.52. The highest BCUT2D eigenvalue weighted by molar-refractivity contribution is 5.57. The summed E-state index contributed by atoms with van der Waals surface area (Å²) >= 11 is 0. The van der Waals surface area contributed by atoms with Crippen molar-refractivity contribution in [3.8, 4) is 11.5 Å². The molecule has 116 valence electrons. The maximum atomic E-state index is 11.2. The van der Waals surface area contributed by atoms with E-state index in [1.165, 1.54) is 13.2 Å². The van der Waals surface area contributed by atoms with Crippen LogP contribution in [0.1, 0.15) is 13.8 Å². The van der Waals surface area contributed by atoms with Crippen LogP contribution in [-0.2, 0) is 4.74 Å². The minimum atomic E-state index is -0.502. The van der Waals surface area contributed by atoms with Crippen molar-refractivity contribution in [2.75, 3.05) is 26.8 Å². The molecule has 1 aromatic rings. The minimum Gasteiger partial charge on any atom is -0.490 e. The Morgan fingerprint density at radius 1 is 1.48 bits per heavy atom. The minimum absolute atomic E-state index is 0.153. The first kappa shape index (κ1) is 15.5. The third kappa shape index (κ3) is 3.83. The van der Waals surface area contributed by atoms with Gasteiger partial charge in [-0.3, -0.25) is 10.1 Å². The molecule has 21 heavy (non-hydrogen) atoms. The van der Waals surface area contributed by atoms with E-state index in [4.69, 9.17) is 14.2 Å². The number of morpholine rings is 1. The second-order valence-electron chi connectivity index (χ2n) is 5.51. The molecule has 0 aliphatic carbocycles. The number of nitrogens with zero attached hydrogens (tertiary/aromatic N) is 1. The van der Waals surface area contributed by atoms with Gasteiger partial charge >= 0.3 is 5.69 Å². The number of hydrogen-bond acceptors (Lipinski definition) is 6. The van der Waals surface area contributed by atoms with Crippen molar-refractivity contribution >= 4 is 5.69 Å². The quantitative estimate of drug-likeness (QED) is 0.658. The van der Waals surface area contributed by atoms with Gasteiger partial charge in [-0.2, -0.15) is 0 Å². The molecule has 0 spiro atoms. The molecule has 1 aliphatic heterocycles. The molecular weight excluding hydrogens is 276 g/mol. The van der Waals surface area contributed by atoms with E-state index in [1.54, 1.807) is 12.1 Å². The number of nitrogens with one attached hydrogen (secondary N) is 1. The number of benzene rings is 1. The van der Waals surface area contributed by atoms with Gasteiger partial charge in [-0.15, -0.1) is 0 Å². The second-order valence-corrected chi connectivity index (χ2v) is 5.51. The number of rotatable bonds is 5. The van der Waals surface area contributed by atoms with E-state index < -0.39 is 4.92 Å². The maximum absolute atomic E-state index is 11.2. The molecule has 0 aromatic heterocycles. The third-order valence-electron chi connectivity index (χ3n) is 3.20. The van der Waals surface area contributed by atoms with E-state index in [0.717, 1.165) is 6.54 Å². The van der Waals surface area contributed by atoms with Crippen molar-refractivity contribution in [3.63, 3.8) is 0 Å². The maximum Gasteiger partial charge on any atom is 0.352 e. The Morgan fingerprint density at radius 3 is 2.81 bits per heavy atom. The van der Waals surface area contributed by atoms with Crippen molar-refractivity contribution < 1.29 is 19.1 Å². The Balaban J connectivity index is 2.08. The zero-order chi connectivity index (χ0) is 15.5. The summed E-state index contributed by atoms with van der Waals surface area (Å²) in [7, 11) is 1.39. The van der Waals surface area contributed by atoms with Crippen LogP contribution in [0.25, 0.3) is 0 Å². The van der Waals surface area contributed by atoms with E-state index in [-0.39, 0.29) is 35.5 Å². The molecule has 1 heterocycles. The lowest BCUT2D eigenvalue weighted by Gasteiger charge is -2.36. The molecule has 1 N–H and O–H groups in total. The summed E-state index contributed by atoms with van der Waals surface area (Å²) in [6, 6.07) is 4.75. The summed E-state index contributed by atoms with van der Waals surface area (Å²) in [6.45, 7) is 5.63. The molecule has 1 saturated heterocycles. The van der Waals surface area contributed by atoms with Gasteiger partial charge in [-0.05, 0) is 26.0 Å². The number of hydrogen-bond donors (Lipinski definition) is 1.